The summed E-state index contributed by atoms with van der Waals surface area (Å²) in [5.41, 5.74) is 0. The zero-order valence-electron chi connectivity index (χ0n) is 9.23. The van der Waals surface area contributed by atoms with Crippen LogP contribution in [0, 0.1) is 0 Å². The molecule has 1 saturated heterocycles. The van der Waals surface area contributed by atoms with Crippen molar-refractivity contribution in [2.75, 3.05) is 13.2 Å². The highest BCUT2D eigenvalue weighted by Crippen LogP contribution is 2.21. The van der Waals surface area contributed by atoms with Gasteiger partial charge in [0.25, 0.3) is 5.82 Å². The minimum Gasteiger partial charge on any atom is -0.460 e. The van der Waals surface area contributed by atoms with Crippen molar-refractivity contribution in [2.24, 2.45) is 0 Å². The minimum atomic E-state index is -0.534. The highest BCUT2D eigenvalue weighted by Gasteiger charge is 2.23. The standard InChI is InChI=1S/C10H15N3O3/c1-2-15-10(14)8-12-9(16-13-8)7-5-3-4-6-11-7/h7,11H,2-6H2,1H3/t7-/m0/s1. The smallest absolute Gasteiger partial charge is 0.379 e. The van der Waals surface area contributed by atoms with E-state index in [2.05, 4.69) is 15.5 Å². The van der Waals surface area contributed by atoms with Crippen LogP contribution in [0.3, 0.4) is 0 Å². The average Bonchev–Trinajstić information content (AvgIpc) is 2.80. The van der Waals surface area contributed by atoms with Crippen LogP contribution >= 0.6 is 0 Å². The molecule has 1 N–H and O–H groups in total. The molecule has 1 aromatic rings. The van der Waals surface area contributed by atoms with E-state index in [-0.39, 0.29) is 11.9 Å². The molecule has 2 rings (SSSR count). The second-order valence-corrected chi connectivity index (χ2v) is 3.68. The summed E-state index contributed by atoms with van der Waals surface area (Å²) in [5.74, 6) is -0.0553. The Morgan fingerprint density at radius 3 is 3.19 bits per heavy atom. The molecule has 16 heavy (non-hydrogen) atoms. The Balaban J connectivity index is 2.03. The number of nitrogens with one attached hydrogen (secondary N) is 1. The van der Waals surface area contributed by atoms with E-state index in [0.29, 0.717) is 12.5 Å². The van der Waals surface area contributed by atoms with Crippen LogP contribution in [0.15, 0.2) is 4.52 Å². The summed E-state index contributed by atoms with van der Waals surface area (Å²) in [6, 6.07) is 0.0735. The fourth-order valence-electron chi connectivity index (χ4n) is 1.72. The first-order valence-corrected chi connectivity index (χ1v) is 5.55. The average molecular weight is 225 g/mol. The summed E-state index contributed by atoms with van der Waals surface area (Å²) in [7, 11) is 0. The van der Waals surface area contributed by atoms with Gasteiger partial charge in [-0.3, -0.25) is 0 Å². The van der Waals surface area contributed by atoms with Gasteiger partial charge in [0, 0.05) is 0 Å². The first-order valence-electron chi connectivity index (χ1n) is 5.55. The van der Waals surface area contributed by atoms with Crippen LogP contribution in [0.4, 0.5) is 0 Å². The van der Waals surface area contributed by atoms with Crippen molar-refractivity contribution in [1.82, 2.24) is 15.5 Å². The fourth-order valence-corrected chi connectivity index (χ4v) is 1.72. The van der Waals surface area contributed by atoms with E-state index < -0.39 is 5.97 Å². The maximum absolute atomic E-state index is 11.3. The van der Waals surface area contributed by atoms with Crippen LogP contribution in [-0.4, -0.2) is 29.3 Å². The quantitative estimate of drug-likeness (QED) is 0.775. The minimum absolute atomic E-state index is 0.00391. The monoisotopic (exact) mass is 225 g/mol. The Labute approximate surface area is 93.4 Å². The molecular weight excluding hydrogens is 210 g/mol. The van der Waals surface area contributed by atoms with Crippen molar-refractivity contribution >= 4 is 5.97 Å². The van der Waals surface area contributed by atoms with E-state index in [1.807, 2.05) is 0 Å². The number of piperidine rings is 1. The van der Waals surface area contributed by atoms with E-state index in [1.54, 1.807) is 6.92 Å². The lowest BCUT2D eigenvalue weighted by Crippen LogP contribution is -2.27. The van der Waals surface area contributed by atoms with E-state index in [0.717, 1.165) is 25.8 Å². The topological polar surface area (TPSA) is 77.2 Å². The third kappa shape index (κ3) is 2.38. The third-order valence-electron chi connectivity index (χ3n) is 2.51. The number of carbonyl (C=O) groups is 1. The van der Waals surface area contributed by atoms with Crippen molar-refractivity contribution in [2.45, 2.75) is 32.2 Å². The summed E-state index contributed by atoms with van der Waals surface area (Å²) < 4.78 is 9.83. The highest BCUT2D eigenvalue weighted by molar-refractivity contribution is 5.84. The lowest BCUT2D eigenvalue weighted by molar-refractivity contribution is 0.0508. The van der Waals surface area contributed by atoms with Gasteiger partial charge >= 0.3 is 5.97 Å². The van der Waals surface area contributed by atoms with Gasteiger partial charge < -0.3 is 14.6 Å². The summed E-state index contributed by atoms with van der Waals surface area (Å²) >= 11 is 0. The molecule has 0 unspecified atom stereocenters. The second-order valence-electron chi connectivity index (χ2n) is 3.68. The van der Waals surface area contributed by atoms with Crippen molar-refractivity contribution < 1.29 is 14.1 Å². The molecule has 0 aliphatic carbocycles. The number of hydrogen-bond acceptors (Lipinski definition) is 6. The molecule has 1 aromatic heterocycles. The summed E-state index contributed by atoms with van der Waals surface area (Å²) in [6.45, 7) is 2.99. The van der Waals surface area contributed by atoms with Crippen LogP contribution in [0.25, 0.3) is 0 Å². The molecule has 1 aliphatic heterocycles. The van der Waals surface area contributed by atoms with Crippen LogP contribution < -0.4 is 5.32 Å². The van der Waals surface area contributed by atoms with Gasteiger partial charge in [0.1, 0.15) is 0 Å². The predicted octanol–water partition coefficient (Wildman–Crippen LogP) is 1.06. The number of hydrogen-bond donors (Lipinski definition) is 1. The molecule has 0 radical (unpaired) electrons. The summed E-state index contributed by atoms with van der Waals surface area (Å²) in [6.07, 6.45) is 3.26. The molecule has 1 atom stereocenters. The van der Waals surface area contributed by atoms with Crippen molar-refractivity contribution in [3.63, 3.8) is 0 Å². The summed E-state index contributed by atoms with van der Waals surface area (Å²) in [4.78, 5) is 15.4. The first-order chi connectivity index (χ1) is 7.81. The van der Waals surface area contributed by atoms with Crippen LogP contribution in [0.2, 0.25) is 0 Å². The molecule has 88 valence electrons. The maximum atomic E-state index is 11.3. The molecule has 6 nitrogen and oxygen atoms in total. The number of carbonyl (C=O) groups excluding carboxylic acids is 1. The van der Waals surface area contributed by atoms with Gasteiger partial charge in [-0.05, 0) is 31.5 Å². The molecule has 0 aromatic carbocycles. The van der Waals surface area contributed by atoms with Gasteiger partial charge in [0.05, 0.1) is 12.6 Å². The Hall–Kier alpha value is -1.43. The summed E-state index contributed by atoms with van der Waals surface area (Å²) in [5, 5.41) is 6.88. The number of rotatable bonds is 3. The molecule has 0 bridgehead atoms. The fraction of sp³-hybridized carbons (Fsp3) is 0.700. The SMILES string of the molecule is CCOC(=O)c1noc([C@@H]2CCCCN2)n1. The highest BCUT2D eigenvalue weighted by atomic mass is 16.5. The van der Waals surface area contributed by atoms with Crippen LogP contribution in [0.5, 0.6) is 0 Å². The Bertz CT molecular complexity index is 358. The zero-order valence-corrected chi connectivity index (χ0v) is 9.23. The molecule has 0 spiro atoms. The molecule has 1 fully saturated rings. The molecule has 0 amide bonds. The zero-order chi connectivity index (χ0) is 11.4. The van der Waals surface area contributed by atoms with Crippen molar-refractivity contribution in [3.8, 4) is 0 Å². The van der Waals surface area contributed by atoms with E-state index >= 15 is 0 Å². The Morgan fingerprint density at radius 2 is 2.50 bits per heavy atom. The third-order valence-corrected chi connectivity index (χ3v) is 2.51. The second kappa shape index (κ2) is 5.07. The van der Waals surface area contributed by atoms with Gasteiger partial charge in [0.15, 0.2) is 0 Å². The van der Waals surface area contributed by atoms with Gasteiger partial charge in [-0.15, -0.1) is 0 Å². The lowest BCUT2D eigenvalue weighted by atomic mass is 10.1. The van der Waals surface area contributed by atoms with Gasteiger partial charge in [-0.25, -0.2) is 4.79 Å². The number of esters is 1. The van der Waals surface area contributed by atoms with Crippen molar-refractivity contribution in [3.05, 3.63) is 11.7 Å². The largest absolute Gasteiger partial charge is 0.460 e. The van der Waals surface area contributed by atoms with Crippen molar-refractivity contribution in [1.29, 1.82) is 0 Å². The van der Waals surface area contributed by atoms with Gasteiger partial charge in [-0.2, -0.15) is 4.98 Å². The Morgan fingerprint density at radius 1 is 1.62 bits per heavy atom. The van der Waals surface area contributed by atoms with E-state index in [1.165, 1.54) is 0 Å². The number of ether oxygens (including phenoxy) is 1. The van der Waals surface area contributed by atoms with Gasteiger partial charge in [-0.1, -0.05) is 6.42 Å². The lowest BCUT2D eigenvalue weighted by Gasteiger charge is -2.19. The number of aromatic nitrogens is 2. The van der Waals surface area contributed by atoms with Gasteiger partial charge in [0.2, 0.25) is 5.89 Å². The maximum Gasteiger partial charge on any atom is 0.379 e. The van der Waals surface area contributed by atoms with E-state index in [4.69, 9.17) is 9.26 Å². The normalized spacial score (nSPS) is 20.7. The van der Waals surface area contributed by atoms with E-state index in [9.17, 15) is 4.79 Å². The molecule has 6 heteroatoms. The molecule has 2 heterocycles. The Kier molecular flexibility index (Phi) is 3.51. The molecule has 0 saturated carbocycles. The molecular formula is C10H15N3O3. The van der Waals surface area contributed by atoms with Crippen LogP contribution in [0.1, 0.15) is 48.7 Å². The number of nitrogens with zero attached hydrogens (tertiary/aromatic N) is 2. The van der Waals surface area contributed by atoms with Crippen LogP contribution in [-0.2, 0) is 4.74 Å². The first kappa shape index (κ1) is 11.1. The molecule has 1 aliphatic rings. The predicted molar refractivity (Wildman–Crippen MR) is 54.8 cm³/mol.